The van der Waals surface area contributed by atoms with Gasteiger partial charge in [-0.25, -0.2) is 9.37 Å². The third kappa shape index (κ3) is 4.42. The summed E-state index contributed by atoms with van der Waals surface area (Å²) in [6.07, 6.45) is 3.49. The molecule has 0 aliphatic carbocycles. The Morgan fingerprint density at radius 2 is 1.76 bits per heavy atom. The van der Waals surface area contributed by atoms with Crippen LogP contribution in [-0.4, -0.2) is 15.5 Å². The molecular formula is C27H18FN3O2S. The average molecular weight is 468 g/mol. The zero-order chi connectivity index (χ0) is 23.5. The minimum atomic E-state index is -0.320. The standard InChI is InChI=1S/C27H18FN3O2S/c28-19-13-10-18(11-14-19)12-15-25-30-23-8-2-1-7-22(23)27(33)31(25)21-6-3-5-20(17-21)29-26(32)24-9-4-16-34-24/h1-17H,(H,29,32)/b15-12+. The average Bonchev–Trinajstić information content (AvgIpc) is 3.39. The molecule has 0 unspecified atom stereocenters. The van der Waals surface area contributed by atoms with E-state index in [1.54, 1.807) is 72.8 Å². The first-order valence-electron chi connectivity index (χ1n) is 10.5. The Morgan fingerprint density at radius 3 is 2.56 bits per heavy atom. The highest BCUT2D eigenvalue weighted by molar-refractivity contribution is 7.12. The number of halogens is 1. The van der Waals surface area contributed by atoms with Crippen LogP contribution in [0.1, 0.15) is 21.1 Å². The van der Waals surface area contributed by atoms with E-state index in [0.29, 0.717) is 33.0 Å². The molecule has 3 aromatic carbocycles. The van der Waals surface area contributed by atoms with Gasteiger partial charge >= 0.3 is 0 Å². The lowest BCUT2D eigenvalue weighted by molar-refractivity contribution is 0.103. The monoisotopic (exact) mass is 467 g/mol. The molecule has 34 heavy (non-hydrogen) atoms. The highest BCUT2D eigenvalue weighted by Gasteiger charge is 2.13. The number of para-hydroxylation sites is 1. The van der Waals surface area contributed by atoms with E-state index >= 15 is 0 Å². The zero-order valence-electron chi connectivity index (χ0n) is 17.8. The summed E-state index contributed by atoms with van der Waals surface area (Å²) in [7, 11) is 0. The maximum Gasteiger partial charge on any atom is 0.266 e. The molecule has 1 N–H and O–H groups in total. The second kappa shape index (κ2) is 9.25. The normalized spacial score (nSPS) is 11.2. The second-order valence-electron chi connectivity index (χ2n) is 7.49. The molecule has 0 saturated heterocycles. The molecule has 0 aliphatic rings. The number of benzene rings is 3. The van der Waals surface area contributed by atoms with Crippen molar-refractivity contribution >= 4 is 46.0 Å². The summed E-state index contributed by atoms with van der Waals surface area (Å²) in [5.74, 6) is -0.124. The van der Waals surface area contributed by atoms with Crippen molar-refractivity contribution in [2.45, 2.75) is 0 Å². The number of nitrogens with one attached hydrogen (secondary N) is 1. The minimum Gasteiger partial charge on any atom is -0.321 e. The van der Waals surface area contributed by atoms with Gasteiger partial charge in [0.05, 0.1) is 21.5 Å². The Morgan fingerprint density at radius 1 is 0.941 bits per heavy atom. The predicted molar refractivity (Wildman–Crippen MR) is 135 cm³/mol. The van der Waals surface area contributed by atoms with Crippen LogP contribution in [0.3, 0.4) is 0 Å². The number of anilines is 1. The van der Waals surface area contributed by atoms with Crippen LogP contribution in [0.4, 0.5) is 10.1 Å². The molecule has 0 radical (unpaired) electrons. The number of hydrogen-bond acceptors (Lipinski definition) is 4. The Kier molecular flexibility index (Phi) is 5.84. The summed E-state index contributed by atoms with van der Waals surface area (Å²) >= 11 is 1.35. The molecule has 0 aliphatic heterocycles. The maximum atomic E-state index is 13.5. The van der Waals surface area contributed by atoms with Gasteiger partial charge in [0.1, 0.15) is 11.6 Å². The van der Waals surface area contributed by atoms with E-state index in [0.717, 1.165) is 5.56 Å². The highest BCUT2D eigenvalue weighted by Crippen LogP contribution is 2.20. The van der Waals surface area contributed by atoms with Gasteiger partial charge in [-0.1, -0.05) is 42.5 Å². The number of rotatable bonds is 5. The number of hydrogen-bond donors (Lipinski definition) is 1. The number of aromatic nitrogens is 2. The lowest BCUT2D eigenvalue weighted by atomic mass is 10.2. The third-order valence-corrected chi connectivity index (χ3v) is 6.07. The van der Waals surface area contributed by atoms with Crippen molar-refractivity contribution in [1.82, 2.24) is 9.55 Å². The van der Waals surface area contributed by atoms with Crippen LogP contribution < -0.4 is 10.9 Å². The Labute approximate surface area is 198 Å². The van der Waals surface area contributed by atoms with E-state index in [2.05, 4.69) is 5.32 Å². The molecular weight excluding hydrogens is 449 g/mol. The summed E-state index contributed by atoms with van der Waals surface area (Å²) in [4.78, 5) is 31.3. The summed E-state index contributed by atoms with van der Waals surface area (Å²) in [6, 6.07) is 23.8. The molecule has 5 rings (SSSR count). The van der Waals surface area contributed by atoms with E-state index < -0.39 is 0 Å². The van der Waals surface area contributed by atoms with Crippen molar-refractivity contribution in [3.63, 3.8) is 0 Å². The molecule has 0 bridgehead atoms. The molecule has 0 fully saturated rings. The van der Waals surface area contributed by atoms with Gasteiger partial charge < -0.3 is 5.32 Å². The van der Waals surface area contributed by atoms with Crippen LogP contribution in [0, 0.1) is 5.82 Å². The minimum absolute atomic E-state index is 0.215. The number of nitrogens with zero attached hydrogens (tertiary/aromatic N) is 2. The van der Waals surface area contributed by atoms with Gasteiger partial charge in [-0.2, -0.15) is 0 Å². The fraction of sp³-hybridized carbons (Fsp3) is 0. The van der Waals surface area contributed by atoms with Gasteiger partial charge in [0.2, 0.25) is 0 Å². The number of carbonyl (C=O) groups excluding carboxylic acids is 1. The number of amides is 1. The van der Waals surface area contributed by atoms with Crippen LogP contribution >= 0.6 is 11.3 Å². The largest absolute Gasteiger partial charge is 0.321 e. The molecule has 5 nitrogen and oxygen atoms in total. The zero-order valence-corrected chi connectivity index (χ0v) is 18.6. The van der Waals surface area contributed by atoms with Gasteiger partial charge in [-0.05, 0) is 65.6 Å². The summed E-state index contributed by atoms with van der Waals surface area (Å²) < 4.78 is 14.8. The molecule has 2 heterocycles. The molecule has 5 aromatic rings. The second-order valence-corrected chi connectivity index (χ2v) is 8.44. The molecule has 166 valence electrons. The van der Waals surface area contributed by atoms with E-state index in [1.807, 2.05) is 17.5 Å². The molecule has 0 atom stereocenters. The number of carbonyl (C=O) groups is 1. The first-order chi connectivity index (χ1) is 16.6. The van der Waals surface area contributed by atoms with Crippen molar-refractivity contribution in [2.24, 2.45) is 0 Å². The van der Waals surface area contributed by atoms with Gasteiger partial charge in [0, 0.05) is 5.69 Å². The van der Waals surface area contributed by atoms with Crippen molar-refractivity contribution in [1.29, 1.82) is 0 Å². The van der Waals surface area contributed by atoms with Crippen LogP contribution in [0.5, 0.6) is 0 Å². The number of thiophene rings is 1. The molecule has 0 saturated carbocycles. The van der Waals surface area contributed by atoms with Gasteiger partial charge in [0.25, 0.3) is 11.5 Å². The lowest BCUT2D eigenvalue weighted by Gasteiger charge is -2.13. The smallest absolute Gasteiger partial charge is 0.266 e. The van der Waals surface area contributed by atoms with Gasteiger partial charge in [-0.3, -0.25) is 14.2 Å². The first-order valence-corrected chi connectivity index (χ1v) is 11.4. The van der Waals surface area contributed by atoms with Crippen LogP contribution in [0.15, 0.2) is 95.1 Å². The van der Waals surface area contributed by atoms with Crippen molar-refractivity contribution < 1.29 is 9.18 Å². The fourth-order valence-electron chi connectivity index (χ4n) is 3.58. The lowest BCUT2D eigenvalue weighted by Crippen LogP contribution is -2.22. The summed E-state index contributed by atoms with van der Waals surface area (Å²) in [6.45, 7) is 0. The fourth-order valence-corrected chi connectivity index (χ4v) is 4.20. The van der Waals surface area contributed by atoms with E-state index in [1.165, 1.54) is 28.0 Å². The maximum absolute atomic E-state index is 13.5. The van der Waals surface area contributed by atoms with Crippen LogP contribution in [0.2, 0.25) is 0 Å². The highest BCUT2D eigenvalue weighted by atomic mass is 32.1. The third-order valence-electron chi connectivity index (χ3n) is 5.20. The van der Waals surface area contributed by atoms with Gasteiger partial charge in [-0.15, -0.1) is 11.3 Å². The summed E-state index contributed by atoms with van der Waals surface area (Å²) in [5.41, 5.74) is 2.23. The van der Waals surface area contributed by atoms with Crippen LogP contribution in [0.25, 0.3) is 28.7 Å². The van der Waals surface area contributed by atoms with E-state index in [9.17, 15) is 14.0 Å². The predicted octanol–water partition coefficient (Wildman–Crippen LogP) is 6.01. The van der Waals surface area contributed by atoms with Crippen molar-refractivity contribution in [3.05, 3.63) is 123 Å². The molecule has 7 heteroatoms. The SMILES string of the molecule is O=C(Nc1cccc(-n2c(/C=C/c3ccc(F)cc3)nc3ccccc3c2=O)c1)c1cccs1. The first kappa shape index (κ1) is 21.5. The Hall–Kier alpha value is -4.36. The quantitative estimate of drug-likeness (QED) is 0.344. The summed E-state index contributed by atoms with van der Waals surface area (Å²) in [5, 5.41) is 5.20. The Balaban J connectivity index is 1.60. The van der Waals surface area contributed by atoms with Crippen molar-refractivity contribution in [3.8, 4) is 5.69 Å². The molecule has 0 spiro atoms. The van der Waals surface area contributed by atoms with Crippen molar-refractivity contribution in [2.75, 3.05) is 5.32 Å². The van der Waals surface area contributed by atoms with Gasteiger partial charge in [0.15, 0.2) is 0 Å². The molecule has 1 amide bonds. The van der Waals surface area contributed by atoms with Crippen LogP contribution in [-0.2, 0) is 0 Å². The van der Waals surface area contributed by atoms with E-state index in [-0.39, 0.29) is 17.3 Å². The topological polar surface area (TPSA) is 64.0 Å². The molecule has 2 aromatic heterocycles. The Bertz CT molecular complexity index is 1570. The van der Waals surface area contributed by atoms with E-state index in [4.69, 9.17) is 4.98 Å². The number of fused-ring (bicyclic) bond motifs is 1.